The van der Waals surface area contributed by atoms with Crippen LogP contribution in [0.4, 0.5) is 0 Å². The van der Waals surface area contributed by atoms with E-state index in [1.54, 1.807) is 6.20 Å². The second kappa shape index (κ2) is 6.84. The maximum atomic E-state index is 12.6. The molecule has 4 nitrogen and oxygen atoms in total. The molecule has 1 aliphatic rings. The molecule has 4 heteroatoms. The Morgan fingerprint density at radius 3 is 2.55 bits per heavy atom. The molecule has 0 aromatic carbocycles. The van der Waals surface area contributed by atoms with E-state index in [-0.39, 0.29) is 18.0 Å². The predicted molar refractivity (Wildman–Crippen MR) is 80.2 cm³/mol. The number of likely N-dealkylation sites (tertiary alicyclic amines) is 1. The molecule has 110 valence electrons. The van der Waals surface area contributed by atoms with Gasteiger partial charge < -0.3 is 5.32 Å². The first-order chi connectivity index (χ1) is 9.59. The van der Waals surface area contributed by atoms with Crippen molar-refractivity contribution in [1.82, 2.24) is 15.2 Å². The van der Waals surface area contributed by atoms with E-state index >= 15 is 0 Å². The minimum Gasteiger partial charge on any atom is -0.348 e. The van der Waals surface area contributed by atoms with Crippen molar-refractivity contribution in [1.29, 1.82) is 0 Å². The van der Waals surface area contributed by atoms with Crippen LogP contribution in [0.1, 0.15) is 45.2 Å². The third-order valence-electron chi connectivity index (χ3n) is 3.98. The third kappa shape index (κ3) is 3.57. The summed E-state index contributed by atoms with van der Waals surface area (Å²) in [6.45, 7) is 8.33. The molecule has 1 saturated heterocycles. The molecule has 20 heavy (non-hydrogen) atoms. The topological polar surface area (TPSA) is 45.2 Å². The highest BCUT2D eigenvalue weighted by Crippen LogP contribution is 2.19. The van der Waals surface area contributed by atoms with Crippen molar-refractivity contribution in [3.05, 3.63) is 30.1 Å². The standard InChI is InChI=1S/C16H25N3O/c1-12(2)15(19-9-4-5-10-19)16(20)18-13(3)14-7-6-8-17-11-14/h6-8,11-13,15H,4-5,9-10H2,1-3H3,(H,18,20). The average molecular weight is 275 g/mol. The molecular weight excluding hydrogens is 250 g/mol. The number of hydrogen-bond acceptors (Lipinski definition) is 3. The SMILES string of the molecule is CC(NC(=O)C(C(C)C)N1CCCC1)c1cccnc1. The first-order valence-electron chi connectivity index (χ1n) is 7.54. The number of hydrogen-bond donors (Lipinski definition) is 1. The van der Waals surface area contributed by atoms with Crippen LogP contribution >= 0.6 is 0 Å². The molecule has 1 N–H and O–H groups in total. The Morgan fingerprint density at radius 1 is 1.30 bits per heavy atom. The lowest BCUT2D eigenvalue weighted by molar-refractivity contribution is -0.128. The van der Waals surface area contributed by atoms with Gasteiger partial charge in [0.25, 0.3) is 0 Å². The summed E-state index contributed by atoms with van der Waals surface area (Å²) in [4.78, 5) is 19.0. The van der Waals surface area contributed by atoms with Crippen molar-refractivity contribution in [3.8, 4) is 0 Å². The molecule has 0 spiro atoms. The number of carbonyl (C=O) groups excluding carboxylic acids is 1. The molecule has 1 aromatic rings. The van der Waals surface area contributed by atoms with Crippen LogP contribution in [0.25, 0.3) is 0 Å². The molecule has 2 rings (SSSR count). The highest BCUT2D eigenvalue weighted by molar-refractivity contribution is 5.82. The van der Waals surface area contributed by atoms with Crippen molar-refractivity contribution in [2.24, 2.45) is 5.92 Å². The van der Waals surface area contributed by atoms with Gasteiger partial charge in [0, 0.05) is 12.4 Å². The van der Waals surface area contributed by atoms with Gasteiger partial charge >= 0.3 is 0 Å². The minimum absolute atomic E-state index is 0.0000491. The van der Waals surface area contributed by atoms with Gasteiger partial charge in [-0.15, -0.1) is 0 Å². The molecule has 0 radical (unpaired) electrons. The van der Waals surface area contributed by atoms with E-state index in [4.69, 9.17) is 0 Å². The summed E-state index contributed by atoms with van der Waals surface area (Å²) in [5.41, 5.74) is 1.05. The highest BCUT2D eigenvalue weighted by Gasteiger charge is 2.31. The van der Waals surface area contributed by atoms with Gasteiger partial charge in [0.05, 0.1) is 12.1 Å². The van der Waals surface area contributed by atoms with Crippen molar-refractivity contribution < 1.29 is 4.79 Å². The van der Waals surface area contributed by atoms with Gasteiger partial charge in [-0.1, -0.05) is 19.9 Å². The zero-order valence-electron chi connectivity index (χ0n) is 12.7. The molecule has 0 saturated carbocycles. The molecule has 1 amide bonds. The quantitative estimate of drug-likeness (QED) is 0.897. The van der Waals surface area contributed by atoms with Gasteiger partial charge in [-0.2, -0.15) is 0 Å². The first-order valence-corrected chi connectivity index (χ1v) is 7.54. The summed E-state index contributed by atoms with van der Waals surface area (Å²) in [6.07, 6.45) is 5.97. The fourth-order valence-corrected chi connectivity index (χ4v) is 2.92. The number of nitrogens with one attached hydrogen (secondary N) is 1. The second-order valence-electron chi connectivity index (χ2n) is 5.95. The van der Waals surface area contributed by atoms with E-state index in [9.17, 15) is 4.79 Å². The van der Waals surface area contributed by atoms with E-state index in [2.05, 4.69) is 29.0 Å². The minimum atomic E-state index is -0.0170. The molecule has 2 heterocycles. The van der Waals surface area contributed by atoms with Crippen LogP contribution in [-0.2, 0) is 4.79 Å². The fourth-order valence-electron chi connectivity index (χ4n) is 2.92. The Labute approximate surface area is 121 Å². The summed E-state index contributed by atoms with van der Waals surface area (Å²) >= 11 is 0. The van der Waals surface area contributed by atoms with Crippen LogP contribution in [0.2, 0.25) is 0 Å². The van der Waals surface area contributed by atoms with E-state index < -0.39 is 0 Å². The number of amides is 1. The van der Waals surface area contributed by atoms with Gasteiger partial charge in [-0.25, -0.2) is 0 Å². The zero-order chi connectivity index (χ0) is 14.5. The lowest BCUT2D eigenvalue weighted by Gasteiger charge is -2.30. The van der Waals surface area contributed by atoms with Crippen LogP contribution < -0.4 is 5.32 Å². The molecule has 1 aliphatic heterocycles. The smallest absolute Gasteiger partial charge is 0.238 e. The molecule has 1 aromatic heterocycles. The Morgan fingerprint density at radius 2 is 2.00 bits per heavy atom. The van der Waals surface area contributed by atoms with E-state index in [0.717, 1.165) is 18.7 Å². The van der Waals surface area contributed by atoms with Crippen molar-refractivity contribution in [3.63, 3.8) is 0 Å². The Kier molecular flexibility index (Phi) is 5.12. The van der Waals surface area contributed by atoms with Crippen LogP contribution in [-0.4, -0.2) is 34.9 Å². The van der Waals surface area contributed by atoms with Gasteiger partial charge in [0.2, 0.25) is 5.91 Å². The molecule has 1 fully saturated rings. The summed E-state index contributed by atoms with van der Waals surface area (Å²) in [5, 5.41) is 3.13. The Bertz CT molecular complexity index is 427. The number of pyridine rings is 1. The third-order valence-corrected chi connectivity index (χ3v) is 3.98. The van der Waals surface area contributed by atoms with E-state index in [0.29, 0.717) is 5.92 Å². The summed E-state index contributed by atoms with van der Waals surface area (Å²) < 4.78 is 0. The average Bonchev–Trinajstić information content (AvgIpc) is 2.93. The van der Waals surface area contributed by atoms with Crippen molar-refractivity contribution in [2.45, 2.75) is 45.7 Å². The van der Waals surface area contributed by atoms with Crippen LogP contribution in [0.3, 0.4) is 0 Å². The summed E-state index contributed by atoms with van der Waals surface area (Å²) in [6, 6.07) is 3.88. The van der Waals surface area contributed by atoms with Crippen LogP contribution in [0, 0.1) is 5.92 Å². The van der Waals surface area contributed by atoms with Gasteiger partial charge in [-0.3, -0.25) is 14.7 Å². The maximum absolute atomic E-state index is 12.6. The van der Waals surface area contributed by atoms with Gasteiger partial charge in [-0.05, 0) is 50.4 Å². The molecule has 0 aliphatic carbocycles. The number of nitrogens with zero attached hydrogens (tertiary/aromatic N) is 2. The zero-order valence-corrected chi connectivity index (χ0v) is 12.7. The molecule has 0 bridgehead atoms. The number of aromatic nitrogens is 1. The predicted octanol–water partition coefficient (Wildman–Crippen LogP) is 2.38. The fraction of sp³-hybridized carbons (Fsp3) is 0.625. The largest absolute Gasteiger partial charge is 0.348 e. The molecule has 2 atom stereocenters. The Hall–Kier alpha value is -1.42. The maximum Gasteiger partial charge on any atom is 0.238 e. The van der Waals surface area contributed by atoms with Crippen LogP contribution in [0.5, 0.6) is 0 Å². The van der Waals surface area contributed by atoms with E-state index in [1.165, 1.54) is 12.8 Å². The van der Waals surface area contributed by atoms with Crippen molar-refractivity contribution >= 4 is 5.91 Å². The lowest BCUT2D eigenvalue weighted by atomic mass is 10.0. The second-order valence-corrected chi connectivity index (χ2v) is 5.95. The summed E-state index contributed by atoms with van der Waals surface area (Å²) in [5.74, 6) is 0.465. The lowest BCUT2D eigenvalue weighted by Crippen LogP contribution is -2.49. The van der Waals surface area contributed by atoms with Crippen molar-refractivity contribution in [2.75, 3.05) is 13.1 Å². The van der Waals surface area contributed by atoms with Gasteiger partial charge in [0.1, 0.15) is 0 Å². The number of rotatable bonds is 5. The number of carbonyl (C=O) groups is 1. The molecular formula is C16H25N3O. The normalized spacial score (nSPS) is 19.0. The summed E-state index contributed by atoms with van der Waals surface area (Å²) in [7, 11) is 0. The highest BCUT2D eigenvalue weighted by atomic mass is 16.2. The van der Waals surface area contributed by atoms with Gasteiger partial charge in [0.15, 0.2) is 0 Å². The monoisotopic (exact) mass is 275 g/mol. The molecule has 2 unspecified atom stereocenters. The van der Waals surface area contributed by atoms with Crippen LogP contribution in [0.15, 0.2) is 24.5 Å². The first kappa shape index (κ1) is 15.0. The van der Waals surface area contributed by atoms with E-state index in [1.807, 2.05) is 25.3 Å². The Balaban J connectivity index is 2.01.